The number of carbonyl (C=O) groups is 1. The predicted molar refractivity (Wildman–Crippen MR) is 85.4 cm³/mol. The predicted octanol–water partition coefficient (Wildman–Crippen LogP) is 4.10. The monoisotopic (exact) mass is 292 g/mol. The molecule has 0 radical (unpaired) electrons. The van der Waals surface area contributed by atoms with Gasteiger partial charge in [0.25, 0.3) is 0 Å². The summed E-state index contributed by atoms with van der Waals surface area (Å²) in [6.45, 7) is 8.84. The second kappa shape index (κ2) is 8.71. The van der Waals surface area contributed by atoms with Gasteiger partial charge >= 0.3 is 5.97 Å². The molecule has 0 N–H and O–H groups in total. The van der Waals surface area contributed by atoms with Crippen LogP contribution in [0.15, 0.2) is 24.3 Å². The lowest BCUT2D eigenvalue weighted by atomic mass is 9.90. The molecule has 1 aromatic carbocycles. The van der Waals surface area contributed by atoms with Gasteiger partial charge < -0.3 is 9.47 Å². The third kappa shape index (κ3) is 6.19. The third-order valence-corrected chi connectivity index (χ3v) is 3.31. The molecule has 118 valence electrons. The summed E-state index contributed by atoms with van der Waals surface area (Å²) in [5.41, 5.74) is 1.06. The zero-order valence-electron chi connectivity index (χ0n) is 13.9. The van der Waals surface area contributed by atoms with Gasteiger partial charge in [-0.15, -0.1) is 0 Å². The van der Waals surface area contributed by atoms with Crippen LogP contribution >= 0.6 is 0 Å². The summed E-state index contributed by atoms with van der Waals surface area (Å²) >= 11 is 0. The van der Waals surface area contributed by atoms with Gasteiger partial charge in [-0.1, -0.05) is 45.9 Å². The fourth-order valence-corrected chi connectivity index (χ4v) is 2.34. The Bertz CT molecular complexity index is 438. The summed E-state index contributed by atoms with van der Waals surface area (Å²) in [7, 11) is 1.66. The SMILES string of the molecule is COc1ccccc1CC(CC(C)C)C(=O)OCC(C)C. The lowest BCUT2D eigenvalue weighted by molar-refractivity contribution is -0.150. The van der Waals surface area contributed by atoms with Crippen LogP contribution in [0.5, 0.6) is 5.75 Å². The van der Waals surface area contributed by atoms with E-state index in [-0.39, 0.29) is 11.9 Å². The molecule has 0 fully saturated rings. The number of benzene rings is 1. The van der Waals surface area contributed by atoms with Gasteiger partial charge in [0.2, 0.25) is 0 Å². The molecule has 0 bridgehead atoms. The van der Waals surface area contributed by atoms with Crippen LogP contribution in [0.3, 0.4) is 0 Å². The van der Waals surface area contributed by atoms with Crippen LogP contribution < -0.4 is 4.74 Å². The van der Waals surface area contributed by atoms with Crippen molar-refractivity contribution >= 4 is 5.97 Å². The Hall–Kier alpha value is -1.51. The van der Waals surface area contributed by atoms with Crippen molar-refractivity contribution in [3.05, 3.63) is 29.8 Å². The van der Waals surface area contributed by atoms with Crippen molar-refractivity contribution in [3.63, 3.8) is 0 Å². The maximum atomic E-state index is 12.3. The number of hydrogen-bond donors (Lipinski definition) is 0. The van der Waals surface area contributed by atoms with Crippen LogP contribution in [0.4, 0.5) is 0 Å². The molecule has 0 aliphatic carbocycles. The van der Waals surface area contributed by atoms with Gasteiger partial charge in [-0.05, 0) is 36.3 Å². The zero-order valence-corrected chi connectivity index (χ0v) is 13.9. The molecule has 3 nitrogen and oxygen atoms in total. The molecule has 1 rings (SSSR count). The number of hydrogen-bond acceptors (Lipinski definition) is 3. The van der Waals surface area contributed by atoms with Crippen molar-refractivity contribution in [3.8, 4) is 5.75 Å². The Kier molecular flexibility index (Phi) is 7.27. The van der Waals surface area contributed by atoms with Gasteiger partial charge in [-0.25, -0.2) is 0 Å². The summed E-state index contributed by atoms with van der Waals surface area (Å²) in [6, 6.07) is 7.86. The molecule has 1 aromatic rings. The molecular weight excluding hydrogens is 264 g/mol. The number of rotatable bonds is 8. The van der Waals surface area contributed by atoms with E-state index >= 15 is 0 Å². The first-order valence-corrected chi connectivity index (χ1v) is 7.72. The first-order valence-electron chi connectivity index (χ1n) is 7.72. The van der Waals surface area contributed by atoms with Crippen molar-refractivity contribution in [1.29, 1.82) is 0 Å². The Morgan fingerprint density at radius 1 is 1.10 bits per heavy atom. The number of ether oxygens (including phenoxy) is 2. The zero-order chi connectivity index (χ0) is 15.8. The highest BCUT2D eigenvalue weighted by molar-refractivity contribution is 5.73. The highest BCUT2D eigenvalue weighted by Crippen LogP contribution is 2.25. The Morgan fingerprint density at radius 2 is 1.76 bits per heavy atom. The Labute approximate surface area is 128 Å². The highest BCUT2D eigenvalue weighted by Gasteiger charge is 2.23. The molecule has 0 spiro atoms. The molecule has 0 aliphatic rings. The van der Waals surface area contributed by atoms with Crippen LogP contribution in [0, 0.1) is 17.8 Å². The van der Waals surface area contributed by atoms with Crippen molar-refractivity contribution in [2.45, 2.75) is 40.5 Å². The third-order valence-electron chi connectivity index (χ3n) is 3.31. The second-order valence-electron chi connectivity index (χ2n) is 6.37. The maximum absolute atomic E-state index is 12.3. The van der Waals surface area contributed by atoms with Crippen molar-refractivity contribution in [2.75, 3.05) is 13.7 Å². The van der Waals surface area contributed by atoms with E-state index < -0.39 is 0 Å². The van der Waals surface area contributed by atoms with Gasteiger partial charge in [-0.3, -0.25) is 4.79 Å². The molecule has 0 aliphatic heterocycles. The summed E-state index contributed by atoms with van der Waals surface area (Å²) in [4.78, 5) is 12.3. The van der Waals surface area contributed by atoms with E-state index in [4.69, 9.17) is 9.47 Å². The lowest BCUT2D eigenvalue weighted by Crippen LogP contribution is -2.23. The van der Waals surface area contributed by atoms with E-state index in [0.717, 1.165) is 17.7 Å². The Morgan fingerprint density at radius 3 is 2.33 bits per heavy atom. The van der Waals surface area contributed by atoms with E-state index in [9.17, 15) is 4.79 Å². The van der Waals surface area contributed by atoms with E-state index in [0.29, 0.717) is 24.9 Å². The smallest absolute Gasteiger partial charge is 0.309 e. The summed E-state index contributed by atoms with van der Waals surface area (Å²) in [5.74, 6) is 1.45. The minimum Gasteiger partial charge on any atom is -0.496 e. The quantitative estimate of drug-likeness (QED) is 0.677. The molecular formula is C18H28O3. The first kappa shape index (κ1) is 17.5. The fraction of sp³-hybridized carbons (Fsp3) is 0.611. The fourth-order valence-electron chi connectivity index (χ4n) is 2.34. The topological polar surface area (TPSA) is 35.5 Å². The molecule has 0 amide bonds. The molecule has 3 heteroatoms. The minimum atomic E-state index is -0.111. The molecule has 1 atom stereocenters. The summed E-state index contributed by atoms with van der Waals surface area (Å²) < 4.78 is 10.8. The molecule has 21 heavy (non-hydrogen) atoms. The normalized spacial score (nSPS) is 12.5. The number of carbonyl (C=O) groups excluding carboxylic acids is 1. The highest BCUT2D eigenvalue weighted by atomic mass is 16.5. The van der Waals surface area contributed by atoms with E-state index in [1.54, 1.807) is 7.11 Å². The van der Waals surface area contributed by atoms with E-state index in [1.807, 2.05) is 38.1 Å². The van der Waals surface area contributed by atoms with Crippen molar-refractivity contribution in [1.82, 2.24) is 0 Å². The standard InChI is InChI=1S/C18H28O3/c1-13(2)10-16(18(19)21-12-14(3)4)11-15-8-6-7-9-17(15)20-5/h6-9,13-14,16H,10-12H2,1-5H3. The largest absolute Gasteiger partial charge is 0.496 e. The number of esters is 1. The van der Waals surface area contributed by atoms with Crippen LogP contribution in [0.1, 0.15) is 39.7 Å². The molecule has 0 saturated carbocycles. The average Bonchev–Trinajstić information content (AvgIpc) is 2.44. The van der Waals surface area contributed by atoms with Crippen LogP contribution in [0.2, 0.25) is 0 Å². The van der Waals surface area contributed by atoms with E-state index in [1.165, 1.54) is 0 Å². The molecule has 0 aromatic heterocycles. The maximum Gasteiger partial charge on any atom is 0.309 e. The number of para-hydroxylation sites is 1. The number of methoxy groups -OCH3 is 1. The average molecular weight is 292 g/mol. The second-order valence-corrected chi connectivity index (χ2v) is 6.37. The van der Waals surface area contributed by atoms with Crippen LogP contribution in [0.25, 0.3) is 0 Å². The Balaban J connectivity index is 2.80. The minimum absolute atomic E-state index is 0.0942. The van der Waals surface area contributed by atoms with Gasteiger partial charge in [0, 0.05) is 0 Å². The summed E-state index contributed by atoms with van der Waals surface area (Å²) in [5, 5.41) is 0. The van der Waals surface area contributed by atoms with E-state index in [2.05, 4.69) is 13.8 Å². The van der Waals surface area contributed by atoms with Crippen molar-refractivity contribution < 1.29 is 14.3 Å². The van der Waals surface area contributed by atoms with Gasteiger partial charge in [0.05, 0.1) is 19.6 Å². The lowest BCUT2D eigenvalue weighted by Gasteiger charge is -2.20. The van der Waals surface area contributed by atoms with Gasteiger partial charge in [-0.2, -0.15) is 0 Å². The molecule has 0 saturated heterocycles. The van der Waals surface area contributed by atoms with Crippen molar-refractivity contribution in [2.24, 2.45) is 17.8 Å². The van der Waals surface area contributed by atoms with Crippen LogP contribution in [-0.2, 0) is 16.0 Å². The molecule has 1 unspecified atom stereocenters. The molecule has 0 heterocycles. The van der Waals surface area contributed by atoms with Gasteiger partial charge in [0.1, 0.15) is 5.75 Å². The van der Waals surface area contributed by atoms with Gasteiger partial charge in [0.15, 0.2) is 0 Å². The summed E-state index contributed by atoms with van der Waals surface area (Å²) in [6.07, 6.45) is 1.49. The first-order chi connectivity index (χ1) is 9.93. The van der Waals surface area contributed by atoms with Crippen LogP contribution in [-0.4, -0.2) is 19.7 Å².